The number of hydrogen-bond acceptors (Lipinski definition) is 2. The summed E-state index contributed by atoms with van der Waals surface area (Å²) in [5, 5.41) is 3.36. The molecule has 1 nitrogen and oxygen atoms in total. The lowest BCUT2D eigenvalue weighted by molar-refractivity contribution is 0.558. The molecule has 0 bridgehead atoms. The molecule has 21 heavy (non-hydrogen) atoms. The van der Waals surface area contributed by atoms with Crippen molar-refractivity contribution in [3.05, 3.63) is 58.9 Å². The average molecular weight is 303 g/mol. The Bertz CT molecular complexity index is 625. The van der Waals surface area contributed by atoms with Gasteiger partial charge in [0.15, 0.2) is 0 Å². The monoisotopic (exact) mass is 303 g/mol. The van der Waals surface area contributed by atoms with E-state index in [0.29, 0.717) is 0 Å². The normalized spacial score (nSPS) is 12.4. The Labute approximate surface area is 131 Å². The highest BCUT2D eigenvalue weighted by molar-refractivity contribution is 7.99. The summed E-state index contributed by atoms with van der Waals surface area (Å²) >= 11 is 1.52. The highest BCUT2D eigenvalue weighted by Gasteiger charge is 2.15. The van der Waals surface area contributed by atoms with Gasteiger partial charge in [-0.3, -0.25) is 0 Å². The lowest BCUT2D eigenvalue weighted by Crippen LogP contribution is -2.18. The van der Waals surface area contributed by atoms with Crippen molar-refractivity contribution < 1.29 is 4.39 Å². The maximum atomic E-state index is 14.3. The van der Waals surface area contributed by atoms with Crippen LogP contribution < -0.4 is 5.32 Å². The van der Waals surface area contributed by atoms with Crippen molar-refractivity contribution in [2.45, 2.75) is 43.5 Å². The maximum absolute atomic E-state index is 14.3. The Morgan fingerprint density at radius 2 is 1.95 bits per heavy atom. The minimum Gasteiger partial charge on any atom is -0.310 e. The van der Waals surface area contributed by atoms with Gasteiger partial charge in [0.25, 0.3) is 0 Å². The summed E-state index contributed by atoms with van der Waals surface area (Å²) in [6.07, 6.45) is 0. The molecule has 0 radical (unpaired) electrons. The molecule has 1 atom stereocenters. The number of benzene rings is 2. The Hall–Kier alpha value is -1.32. The molecule has 0 aromatic heterocycles. The molecular weight excluding hydrogens is 281 g/mol. The predicted octanol–water partition coefficient (Wildman–Crippen LogP) is 5.26. The smallest absolute Gasteiger partial charge is 0.137 e. The average Bonchev–Trinajstić information content (AvgIpc) is 2.45. The maximum Gasteiger partial charge on any atom is 0.137 e. The first-order chi connectivity index (χ1) is 10.0. The number of rotatable bonds is 5. The predicted molar refractivity (Wildman–Crippen MR) is 88.5 cm³/mol. The van der Waals surface area contributed by atoms with Gasteiger partial charge >= 0.3 is 0 Å². The van der Waals surface area contributed by atoms with Crippen molar-refractivity contribution >= 4 is 11.8 Å². The van der Waals surface area contributed by atoms with E-state index in [-0.39, 0.29) is 11.9 Å². The van der Waals surface area contributed by atoms with E-state index in [2.05, 4.69) is 51.2 Å². The van der Waals surface area contributed by atoms with Gasteiger partial charge in [-0.25, -0.2) is 4.39 Å². The van der Waals surface area contributed by atoms with E-state index in [1.54, 1.807) is 6.07 Å². The minimum atomic E-state index is -0.150. The van der Waals surface area contributed by atoms with Crippen LogP contribution in [0.25, 0.3) is 0 Å². The van der Waals surface area contributed by atoms with Crippen LogP contribution in [0.2, 0.25) is 0 Å². The van der Waals surface area contributed by atoms with E-state index in [4.69, 9.17) is 0 Å². The highest BCUT2D eigenvalue weighted by Crippen LogP contribution is 2.37. The molecule has 0 heterocycles. The first kappa shape index (κ1) is 16.1. The van der Waals surface area contributed by atoms with Crippen molar-refractivity contribution in [3.63, 3.8) is 0 Å². The van der Waals surface area contributed by atoms with Crippen molar-refractivity contribution in [2.75, 3.05) is 6.54 Å². The Balaban J connectivity index is 2.41. The van der Waals surface area contributed by atoms with Crippen LogP contribution in [0, 0.1) is 19.7 Å². The standard InChI is InChI=1S/C18H22FNS/c1-5-20-14(4)15-7-6-8-16(19)18(15)21-17-11-12(2)9-10-13(17)3/h6-11,14,20H,5H2,1-4H3. The highest BCUT2D eigenvalue weighted by atomic mass is 32.2. The third kappa shape index (κ3) is 3.86. The molecule has 1 unspecified atom stereocenters. The zero-order chi connectivity index (χ0) is 15.4. The first-order valence-corrected chi connectivity index (χ1v) is 8.11. The molecule has 0 aliphatic rings. The van der Waals surface area contributed by atoms with E-state index >= 15 is 0 Å². The lowest BCUT2D eigenvalue weighted by atomic mass is 10.1. The summed E-state index contributed by atoms with van der Waals surface area (Å²) in [4.78, 5) is 1.84. The molecular formula is C18H22FNS. The quantitative estimate of drug-likeness (QED) is 0.808. The molecule has 2 aromatic carbocycles. The molecule has 0 saturated carbocycles. The molecule has 0 spiro atoms. The van der Waals surface area contributed by atoms with Crippen LogP contribution >= 0.6 is 11.8 Å². The van der Waals surface area contributed by atoms with Gasteiger partial charge in [0.2, 0.25) is 0 Å². The first-order valence-electron chi connectivity index (χ1n) is 7.29. The number of aryl methyl sites for hydroxylation is 2. The van der Waals surface area contributed by atoms with Gasteiger partial charge in [-0.1, -0.05) is 43.0 Å². The van der Waals surface area contributed by atoms with Gasteiger partial charge in [-0.2, -0.15) is 0 Å². The van der Waals surface area contributed by atoms with Gasteiger partial charge in [0.05, 0.1) is 4.90 Å². The Kier molecular flexibility index (Phi) is 5.43. The minimum absolute atomic E-state index is 0.137. The second kappa shape index (κ2) is 7.10. The molecule has 0 saturated heterocycles. The van der Waals surface area contributed by atoms with E-state index < -0.39 is 0 Å². The van der Waals surface area contributed by atoms with Crippen LogP contribution in [0.1, 0.15) is 36.6 Å². The van der Waals surface area contributed by atoms with E-state index in [9.17, 15) is 4.39 Å². The van der Waals surface area contributed by atoms with Crippen LogP contribution in [-0.4, -0.2) is 6.54 Å². The summed E-state index contributed by atoms with van der Waals surface area (Å²) in [6, 6.07) is 11.8. The molecule has 112 valence electrons. The van der Waals surface area contributed by atoms with Crippen molar-refractivity contribution in [1.82, 2.24) is 5.32 Å². The molecule has 0 aliphatic heterocycles. The van der Waals surface area contributed by atoms with E-state index in [0.717, 1.165) is 21.9 Å². The fourth-order valence-corrected chi connectivity index (χ4v) is 3.54. The molecule has 2 aromatic rings. The molecule has 0 amide bonds. The van der Waals surface area contributed by atoms with Crippen LogP contribution in [0.15, 0.2) is 46.2 Å². The zero-order valence-corrected chi connectivity index (χ0v) is 13.9. The van der Waals surface area contributed by atoms with Gasteiger partial charge in [-0.05, 0) is 56.1 Å². The van der Waals surface area contributed by atoms with Crippen LogP contribution in [-0.2, 0) is 0 Å². The topological polar surface area (TPSA) is 12.0 Å². The van der Waals surface area contributed by atoms with Gasteiger partial charge in [0, 0.05) is 10.9 Å². The van der Waals surface area contributed by atoms with Crippen LogP contribution in [0.4, 0.5) is 4.39 Å². The second-order valence-electron chi connectivity index (χ2n) is 5.31. The lowest BCUT2D eigenvalue weighted by Gasteiger charge is -2.18. The Morgan fingerprint density at radius 1 is 1.19 bits per heavy atom. The zero-order valence-electron chi connectivity index (χ0n) is 13.0. The SMILES string of the molecule is CCNC(C)c1cccc(F)c1Sc1cc(C)ccc1C. The number of halogens is 1. The molecule has 2 rings (SSSR count). The van der Waals surface area contributed by atoms with Crippen LogP contribution in [0.3, 0.4) is 0 Å². The molecule has 0 aliphatic carbocycles. The third-order valence-electron chi connectivity index (χ3n) is 3.53. The summed E-state index contributed by atoms with van der Waals surface area (Å²) in [5.41, 5.74) is 3.39. The fourth-order valence-electron chi connectivity index (χ4n) is 2.32. The summed E-state index contributed by atoms with van der Waals surface area (Å²) in [5.74, 6) is -0.150. The molecule has 0 fully saturated rings. The Morgan fingerprint density at radius 3 is 2.67 bits per heavy atom. The van der Waals surface area contributed by atoms with Gasteiger partial charge in [0.1, 0.15) is 5.82 Å². The van der Waals surface area contributed by atoms with Crippen molar-refractivity contribution in [3.8, 4) is 0 Å². The fraction of sp³-hybridized carbons (Fsp3) is 0.333. The van der Waals surface area contributed by atoms with E-state index in [1.165, 1.54) is 29.0 Å². The number of nitrogens with one attached hydrogen (secondary N) is 1. The van der Waals surface area contributed by atoms with Crippen molar-refractivity contribution in [1.29, 1.82) is 0 Å². The van der Waals surface area contributed by atoms with Gasteiger partial charge < -0.3 is 5.32 Å². The second-order valence-corrected chi connectivity index (χ2v) is 6.36. The summed E-state index contributed by atoms with van der Waals surface area (Å²) in [6.45, 7) is 9.13. The van der Waals surface area contributed by atoms with E-state index in [1.807, 2.05) is 6.07 Å². The largest absolute Gasteiger partial charge is 0.310 e. The summed E-state index contributed by atoms with van der Waals surface area (Å²) < 4.78 is 14.3. The van der Waals surface area contributed by atoms with Gasteiger partial charge in [-0.15, -0.1) is 0 Å². The third-order valence-corrected chi connectivity index (χ3v) is 4.82. The number of hydrogen-bond donors (Lipinski definition) is 1. The van der Waals surface area contributed by atoms with Crippen molar-refractivity contribution in [2.24, 2.45) is 0 Å². The molecule has 3 heteroatoms. The van der Waals surface area contributed by atoms with Crippen LogP contribution in [0.5, 0.6) is 0 Å². The molecule has 1 N–H and O–H groups in total. The summed E-state index contributed by atoms with van der Waals surface area (Å²) in [7, 11) is 0.